The Morgan fingerprint density at radius 2 is 2.19 bits per heavy atom. The lowest BCUT2D eigenvalue weighted by molar-refractivity contribution is 0.196. The maximum absolute atomic E-state index is 5.59. The average molecular weight is 285 g/mol. The van der Waals surface area contributed by atoms with Crippen LogP contribution in [0.25, 0.3) is 11.4 Å². The fourth-order valence-corrected chi connectivity index (χ4v) is 3.03. The Bertz CT molecular complexity index is 612. The number of piperidine rings is 1. The third-order valence-electron chi connectivity index (χ3n) is 4.57. The second-order valence-electron chi connectivity index (χ2n) is 6.56. The number of aromatic nitrogens is 2. The minimum absolute atomic E-state index is 0.0947. The van der Waals surface area contributed by atoms with E-state index in [1.807, 2.05) is 12.1 Å². The molecule has 1 fully saturated rings. The lowest BCUT2D eigenvalue weighted by atomic mass is 9.75. The summed E-state index contributed by atoms with van der Waals surface area (Å²) < 4.78 is 5.59. The molecule has 1 saturated heterocycles. The van der Waals surface area contributed by atoms with Gasteiger partial charge in [0.15, 0.2) is 0 Å². The van der Waals surface area contributed by atoms with Crippen LogP contribution in [0.5, 0.6) is 0 Å². The zero-order chi connectivity index (χ0) is 14.9. The first kappa shape index (κ1) is 14.3. The smallest absolute Gasteiger partial charge is 0.232 e. The molecule has 2 heterocycles. The first-order valence-corrected chi connectivity index (χ1v) is 7.69. The summed E-state index contributed by atoms with van der Waals surface area (Å²) in [5.74, 6) is 1.97. The van der Waals surface area contributed by atoms with E-state index in [1.165, 1.54) is 18.4 Å². The van der Waals surface area contributed by atoms with E-state index in [4.69, 9.17) is 4.52 Å². The molecule has 112 valence electrons. The molecule has 3 rings (SSSR count). The third kappa shape index (κ3) is 2.86. The topological polar surface area (TPSA) is 51.0 Å². The number of benzene rings is 1. The fraction of sp³-hybridized carbons (Fsp3) is 0.529. The normalized spacial score (nSPS) is 19.7. The molecule has 1 aromatic carbocycles. The number of hydrogen-bond donors (Lipinski definition) is 1. The van der Waals surface area contributed by atoms with Gasteiger partial charge in [-0.3, -0.25) is 0 Å². The molecule has 1 aromatic heterocycles. The van der Waals surface area contributed by atoms with Gasteiger partial charge in [0.05, 0.1) is 0 Å². The molecule has 0 spiro atoms. The van der Waals surface area contributed by atoms with E-state index in [-0.39, 0.29) is 5.41 Å². The van der Waals surface area contributed by atoms with Gasteiger partial charge in [-0.2, -0.15) is 4.98 Å². The molecule has 0 saturated carbocycles. The molecule has 2 aromatic rings. The Kier molecular flexibility index (Phi) is 3.81. The van der Waals surface area contributed by atoms with Gasteiger partial charge in [0.25, 0.3) is 0 Å². The maximum Gasteiger partial charge on any atom is 0.232 e. The van der Waals surface area contributed by atoms with Crippen LogP contribution in [0.2, 0.25) is 0 Å². The quantitative estimate of drug-likeness (QED) is 0.940. The molecular formula is C17H23N3O. The zero-order valence-electron chi connectivity index (χ0n) is 13.0. The highest BCUT2D eigenvalue weighted by atomic mass is 16.5. The molecule has 21 heavy (non-hydrogen) atoms. The average Bonchev–Trinajstić information content (AvgIpc) is 2.99. The van der Waals surface area contributed by atoms with E-state index >= 15 is 0 Å². The van der Waals surface area contributed by atoms with E-state index in [2.05, 4.69) is 48.4 Å². The molecule has 0 bridgehead atoms. The predicted octanol–water partition coefficient (Wildman–Crippen LogP) is 3.32. The molecule has 0 aliphatic carbocycles. The number of nitrogens with zero attached hydrogens (tertiary/aromatic N) is 2. The summed E-state index contributed by atoms with van der Waals surface area (Å²) in [6.07, 6.45) is 2.43. The maximum atomic E-state index is 5.59. The van der Waals surface area contributed by atoms with Crippen LogP contribution >= 0.6 is 0 Å². The Hall–Kier alpha value is -1.68. The molecule has 4 nitrogen and oxygen atoms in total. The molecule has 1 unspecified atom stereocenters. The molecule has 1 N–H and O–H groups in total. The summed E-state index contributed by atoms with van der Waals surface area (Å²) in [7, 11) is 0. The molecule has 1 aliphatic heterocycles. The van der Waals surface area contributed by atoms with Crippen LogP contribution in [-0.2, 0) is 5.41 Å². The van der Waals surface area contributed by atoms with Crippen LogP contribution in [0.4, 0.5) is 0 Å². The van der Waals surface area contributed by atoms with E-state index in [1.54, 1.807) is 0 Å². The van der Waals surface area contributed by atoms with Crippen LogP contribution in [0, 0.1) is 12.8 Å². The Morgan fingerprint density at radius 1 is 1.33 bits per heavy atom. The minimum Gasteiger partial charge on any atom is -0.338 e. The summed E-state index contributed by atoms with van der Waals surface area (Å²) >= 11 is 0. The van der Waals surface area contributed by atoms with Crippen LogP contribution in [-0.4, -0.2) is 23.2 Å². The van der Waals surface area contributed by atoms with Gasteiger partial charge in [-0.15, -0.1) is 0 Å². The van der Waals surface area contributed by atoms with Gasteiger partial charge in [0.1, 0.15) is 0 Å². The van der Waals surface area contributed by atoms with Gasteiger partial charge < -0.3 is 9.84 Å². The molecule has 0 amide bonds. The largest absolute Gasteiger partial charge is 0.338 e. The Morgan fingerprint density at radius 3 is 2.90 bits per heavy atom. The van der Waals surface area contributed by atoms with Crippen molar-refractivity contribution in [3.8, 4) is 11.4 Å². The van der Waals surface area contributed by atoms with Crippen molar-refractivity contribution in [2.75, 3.05) is 13.1 Å². The lowest BCUT2D eigenvalue weighted by Crippen LogP contribution is -2.40. The number of aryl methyl sites for hydroxylation is 1. The number of nitrogens with one attached hydrogen (secondary N) is 1. The second-order valence-corrected chi connectivity index (χ2v) is 6.56. The number of hydrogen-bond acceptors (Lipinski definition) is 4. The van der Waals surface area contributed by atoms with Gasteiger partial charge in [0, 0.05) is 11.0 Å². The standard InChI is InChI=1S/C17H23N3O/c1-12-6-4-7-13(10-12)15-19-16(21-20-15)17(2,3)14-8-5-9-18-11-14/h4,6-7,10,14,18H,5,8-9,11H2,1-3H3. The van der Waals surface area contributed by atoms with Crippen LogP contribution in [0.3, 0.4) is 0 Å². The molecule has 1 aliphatic rings. The molecule has 0 radical (unpaired) electrons. The highest BCUT2D eigenvalue weighted by Crippen LogP contribution is 2.35. The van der Waals surface area contributed by atoms with Crippen molar-refractivity contribution in [3.05, 3.63) is 35.7 Å². The molecule has 1 atom stereocenters. The fourth-order valence-electron chi connectivity index (χ4n) is 3.03. The monoisotopic (exact) mass is 285 g/mol. The van der Waals surface area contributed by atoms with Gasteiger partial charge in [-0.1, -0.05) is 42.8 Å². The van der Waals surface area contributed by atoms with Crippen LogP contribution in [0.15, 0.2) is 28.8 Å². The first-order chi connectivity index (χ1) is 10.1. The Balaban J connectivity index is 1.86. The summed E-state index contributed by atoms with van der Waals surface area (Å²) in [6.45, 7) is 8.62. The SMILES string of the molecule is Cc1cccc(-c2noc(C(C)(C)C3CCCNC3)n2)c1. The van der Waals surface area contributed by atoms with Crippen molar-refractivity contribution in [1.82, 2.24) is 15.5 Å². The van der Waals surface area contributed by atoms with Crippen molar-refractivity contribution in [1.29, 1.82) is 0 Å². The van der Waals surface area contributed by atoms with Crippen molar-refractivity contribution < 1.29 is 4.52 Å². The zero-order valence-corrected chi connectivity index (χ0v) is 13.0. The predicted molar refractivity (Wildman–Crippen MR) is 83.1 cm³/mol. The first-order valence-electron chi connectivity index (χ1n) is 7.69. The van der Waals surface area contributed by atoms with E-state index in [9.17, 15) is 0 Å². The second kappa shape index (κ2) is 5.60. The van der Waals surface area contributed by atoms with E-state index in [0.717, 1.165) is 24.5 Å². The summed E-state index contributed by atoms with van der Waals surface area (Å²) in [5, 5.41) is 7.65. The van der Waals surface area contributed by atoms with Gasteiger partial charge in [-0.05, 0) is 44.8 Å². The highest BCUT2D eigenvalue weighted by Gasteiger charge is 2.37. The molecule has 4 heteroatoms. The van der Waals surface area contributed by atoms with Crippen molar-refractivity contribution in [3.63, 3.8) is 0 Å². The van der Waals surface area contributed by atoms with Gasteiger partial charge in [-0.25, -0.2) is 0 Å². The highest BCUT2D eigenvalue weighted by molar-refractivity contribution is 5.55. The summed E-state index contributed by atoms with van der Waals surface area (Å²) in [5.41, 5.74) is 2.12. The van der Waals surface area contributed by atoms with Crippen molar-refractivity contribution in [2.24, 2.45) is 5.92 Å². The van der Waals surface area contributed by atoms with E-state index < -0.39 is 0 Å². The lowest BCUT2D eigenvalue weighted by Gasteiger charge is -2.34. The van der Waals surface area contributed by atoms with Crippen LogP contribution < -0.4 is 5.32 Å². The number of rotatable bonds is 3. The third-order valence-corrected chi connectivity index (χ3v) is 4.57. The minimum atomic E-state index is -0.0947. The van der Waals surface area contributed by atoms with Crippen LogP contribution in [0.1, 0.15) is 38.1 Å². The summed E-state index contributed by atoms with van der Waals surface area (Å²) in [6, 6.07) is 8.21. The van der Waals surface area contributed by atoms with E-state index in [0.29, 0.717) is 11.7 Å². The summed E-state index contributed by atoms with van der Waals surface area (Å²) in [4.78, 5) is 4.66. The molecular weight excluding hydrogens is 262 g/mol. The van der Waals surface area contributed by atoms with Crippen molar-refractivity contribution in [2.45, 2.75) is 39.0 Å². The van der Waals surface area contributed by atoms with Crippen molar-refractivity contribution >= 4 is 0 Å². The Labute approximate surface area is 126 Å². The van der Waals surface area contributed by atoms with Gasteiger partial charge >= 0.3 is 0 Å². The van der Waals surface area contributed by atoms with Gasteiger partial charge in [0.2, 0.25) is 11.7 Å².